The van der Waals surface area contributed by atoms with E-state index >= 15 is 0 Å². The van der Waals surface area contributed by atoms with E-state index in [0.717, 1.165) is 44.9 Å². The first-order valence-electron chi connectivity index (χ1n) is 5.33. The van der Waals surface area contributed by atoms with Gasteiger partial charge in [0.2, 0.25) is 0 Å². The molecule has 0 atom stereocenters. The summed E-state index contributed by atoms with van der Waals surface area (Å²) >= 11 is 0. The fourth-order valence-corrected chi connectivity index (χ4v) is 2.90. The SMILES string of the molecule is COC1CCC2(CCCC2=O)CC1. The van der Waals surface area contributed by atoms with E-state index in [4.69, 9.17) is 4.74 Å². The van der Waals surface area contributed by atoms with Crippen LogP contribution in [0.4, 0.5) is 0 Å². The van der Waals surface area contributed by atoms with Crippen molar-refractivity contribution in [3.05, 3.63) is 0 Å². The fraction of sp³-hybridized carbons (Fsp3) is 0.909. The number of hydrogen-bond donors (Lipinski definition) is 0. The quantitative estimate of drug-likeness (QED) is 0.622. The molecule has 0 aliphatic heterocycles. The van der Waals surface area contributed by atoms with E-state index in [9.17, 15) is 4.79 Å². The molecule has 0 radical (unpaired) electrons. The summed E-state index contributed by atoms with van der Waals surface area (Å²) in [7, 11) is 1.78. The lowest BCUT2D eigenvalue weighted by molar-refractivity contribution is -0.128. The van der Waals surface area contributed by atoms with Gasteiger partial charge in [-0.05, 0) is 38.5 Å². The molecule has 74 valence electrons. The average Bonchev–Trinajstić information content (AvgIpc) is 2.50. The molecular weight excluding hydrogens is 164 g/mol. The zero-order valence-electron chi connectivity index (χ0n) is 8.34. The zero-order chi connectivity index (χ0) is 9.31. The normalized spacial score (nSPS) is 40.1. The number of Topliss-reactive ketones (excluding diaryl/α,β-unsaturated/α-hetero) is 1. The second-order valence-electron chi connectivity index (χ2n) is 4.49. The fourth-order valence-electron chi connectivity index (χ4n) is 2.90. The highest BCUT2D eigenvalue weighted by molar-refractivity contribution is 5.86. The van der Waals surface area contributed by atoms with E-state index in [1.165, 1.54) is 0 Å². The van der Waals surface area contributed by atoms with Crippen molar-refractivity contribution in [2.45, 2.75) is 51.0 Å². The summed E-state index contributed by atoms with van der Waals surface area (Å²) in [4.78, 5) is 11.7. The molecule has 2 nitrogen and oxygen atoms in total. The summed E-state index contributed by atoms with van der Waals surface area (Å²) in [5.74, 6) is 0.530. The molecule has 13 heavy (non-hydrogen) atoms. The van der Waals surface area contributed by atoms with Crippen molar-refractivity contribution in [2.75, 3.05) is 7.11 Å². The van der Waals surface area contributed by atoms with Gasteiger partial charge in [0.05, 0.1) is 6.10 Å². The summed E-state index contributed by atoms with van der Waals surface area (Å²) in [6.45, 7) is 0. The largest absolute Gasteiger partial charge is 0.381 e. The number of rotatable bonds is 1. The van der Waals surface area contributed by atoms with Crippen LogP contribution >= 0.6 is 0 Å². The number of ether oxygens (including phenoxy) is 1. The number of carbonyl (C=O) groups excluding carboxylic acids is 1. The van der Waals surface area contributed by atoms with Crippen LogP contribution in [0.25, 0.3) is 0 Å². The highest BCUT2D eigenvalue weighted by Gasteiger charge is 2.43. The predicted octanol–water partition coefficient (Wildman–Crippen LogP) is 2.31. The van der Waals surface area contributed by atoms with Gasteiger partial charge >= 0.3 is 0 Å². The lowest BCUT2D eigenvalue weighted by Crippen LogP contribution is -2.33. The van der Waals surface area contributed by atoms with E-state index in [0.29, 0.717) is 11.9 Å². The first-order chi connectivity index (χ1) is 6.27. The molecular formula is C11H18O2. The molecule has 0 amide bonds. The minimum absolute atomic E-state index is 0.0923. The molecule has 0 unspecified atom stereocenters. The Morgan fingerprint density at radius 1 is 1.31 bits per heavy atom. The first-order valence-corrected chi connectivity index (χ1v) is 5.33. The molecule has 2 aliphatic carbocycles. The summed E-state index contributed by atoms with van der Waals surface area (Å²) in [6, 6.07) is 0. The van der Waals surface area contributed by atoms with Gasteiger partial charge in [-0.3, -0.25) is 4.79 Å². The van der Waals surface area contributed by atoms with Gasteiger partial charge in [0.25, 0.3) is 0 Å². The van der Waals surface area contributed by atoms with Crippen molar-refractivity contribution < 1.29 is 9.53 Å². The van der Waals surface area contributed by atoms with Crippen LogP contribution in [0, 0.1) is 5.41 Å². The molecule has 0 aromatic heterocycles. The molecule has 2 heteroatoms. The summed E-state index contributed by atoms with van der Waals surface area (Å²) in [6.07, 6.45) is 7.83. The Labute approximate surface area is 79.7 Å². The first kappa shape index (κ1) is 9.20. The lowest BCUT2D eigenvalue weighted by Gasteiger charge is -2.35. The van der Waals surface area contributed by atoms with E-state index in [2.05, 4.69) is 0 Å². The van der Waals surface area contributed by atoms with Crippen LogP contribution < -0.4 is 0 Å². The minimum Gasteiger partial charge on any atom is -0.381 e. The van der Waals surface area contributed by atoms with Gasteiger partial charge in [-0.25, -0.2) is 0 Å². The van der Waals surface area contributed by atoms with Crippen molar-refractivity contribution in [1.29, 1.82) is 0 Å². The molecule has 1 spiro atoms. The average molecular weight is 182 g/mol. The van der Waals surface area contributed by atoms with Gasteiger partial charge < -0.3 is 4.74 Å². The molecule has 0 aromatic rings. The minimum atomic E-state index is 0.0923. The van der Waals surface area contributed by atoms with Crippen molar-refractivity contribution in [2.24, 2.45) is 5.41 Å². The van der Waals surface area contributed by atoms with Crippen molar-refractivity contribution in [3.63, 3.8) is 0 Å². The molecule has 0 bridgehead atoms. The smallest absolute Gasteiger partial charge is 0.139 e. The standard InChI is InChI=1S/C11H18O2/c1-13-9-4-7-11(8-5-9)6-2-3-10(11)12/h9H,2-8H2,1H3. The Kier molecular flexibility index (Phi) is 2.41. The lowest BCUT2D eigenvalue weighted by atomic mass is 9.71. The van der Waals surface area contributed by atoms with Gasteiger partial charge in [0, 0.05) is 18.9 Å². The number of methoxy groups -OCH3 is 1. The Morgan fingerprint density at radius 2 is 2.00 bits per heavy atom. The summed E-state index contributed by atoms with van der Waals surface area (Å²) < 4.78 is 5.32. The van der Waals surface area contributed by atoms with E-state index in [-0.39, 0.29) is 5.41 Å². The third kappa shape index (κ3) is 1.52. The zero-order valence-corrected chi connectivity index (χ0v) is 8.34. The summed E-state index contributed by atoms with van der Waals surface area (Å²) in [5, 5.41) is 0. The molecule has 2 aliphatic rings. The maximum absolute atomic E-state index is 11.7. The van der Waals surface area contributed by atoms with Crippen LogP contribution in [0.3, 0.4) is 0 Å². The molecule has 0 aromatic carbocycles. The Balaban J connectivity index is 1.99. The van der Waals surface area contributed by atoms with Crippen molar-refractivity contribution in [3.8, 4) is 0 Å². The van der Waals surface area contributed by atoms with E-state index < -0.39 is 0 Å². The maximum atomic E-state index is 11.7. The molecule has 2 rings (SSSR count). The molecule has 0 saturated heterocycles. The topological polar surface area (TPSA) is 26.3 Å². The second kappa shape index (κ2) is 3.41. The van der Waals surface area contributed by atoms with Crippen LogP contribution in [0.1, 0.15) is 44.9 Å². The van der Waals surface area contributed by atoms with Gasteiger partial charge in [0.1, 0.15) is 5.78 Å². The van der Waals surface area contributed by atoms with Gasteiger partial charge in [-0.2, -0.15) is 0 Å². The van der Waals surface area contributed by atoms with Crippen LogP contribution in [0.15, 0.2) is 0 Å². The molecule has 2 saturated carbocycles. The maximum Gasteiger partial charge on any atom is 0.139 e. The molecule has 0 N–H and O–H groups in total. The molecule has 0 heterocycles. The van der Waals surface area contributed by atoms with Crippen LogP contribution in [-0.4, -0.2) is 19.0 Å². The number of ketones is 1. The third-order valence-corrected chi connectivity index (χ3v) is 3.87. The number of carbonyl (C=O) groups is 1. The van der Waals surface area contributed by atoms with E-state index in [1.54, 1.807) is 7.11 Å². The summed E-state index contributed by atoms with van der Waals surface area (Å²) in [5.41, 5.74) is 0.0923. The third-order valence-electron chi connectivity index (χ3n) is 3.87. The predicted molar refractivity (Wildman–Crippen MR) is 50.6 cm³/mol. The Bertz CT molecular complexity index is 202. The van der Waals surface area contributed by atoms with Crippen LogP contribution in [0.5, 0.6) is 0 Å². The monoisotopic (exact) mass is 182 g/mol. The van der Waals surface area contributed by atoms with Crippen LogP contribution in [0.2, 0.25) is 0 Å². The Hall–Kier alpha value is -0.370. The number of hydrogen-bond acceptors (Lipinski definition) is 2. The van der Waals surface area contributed by atoms with Crippen molar-refractivity contribution >= 4 is 5.78 Å². The van der Waals surface area contributed by atoms with Gasteiger partial charge in [-0.1, -0.05) is 0 Å². The van der Waals surface area contributed by atoms with Gasteiger partial charge in [0.15, 0.2) is 0 Å². The van der Waals surface area contributed by atoms with Crippen LogP contribution in [-0.2, 0) is 9.53 Å². The highest BCUT2D eigenvalue weighted by Crippen LogP contribution is 2.46. The highest BCUT2D eigenvalue weighted by atomic mass is 16.5. The van der Waals surface area contributed by atoms with Gasteiger partial charge in [-0.15, -0.1) is 0 Å². The molecule has 2 fully saturated rings. The second-order valence-corrected chi connectivity index (χ2v) is 4.49. The van der Waals surface area contributed by atoms with E-state index in [1.807, 2.05) is 0 Å². The van der Waals surface area contributed by atoms with Crippen molar-refractivity contribution in [1.82, 2.24) is 0 Å². The Morgan fingerprint density at radius 3 is 2.46 bits per heavy atom.